The number of nitrogens with zero attached hydrogens (tertiary/aromatic N) is 2. The second-order valence-corrected chi connectivity index (χ2v) is 5.47. The fourth-order valence-electron chi connectivity index (χ4n) is 1.71. The van der Waals surface area contributed by atoms with Crippen molar-refractivity contribution in [3.63, 3.8) is 0 Å². The Balaban J connectivity index is 1.90. The molecule has 0 bridgehead atoms. The Bertz CT molecular complexity index is 892. The van der Waals surface area contributed by atoms with Crippen LogP contribution in [0.3, 0.4) is 0 Å². The fraction of sp³-hybridized carbons (Fsp3) is 0.214. The first-order chi connectivity index (χ1) is 12.0. The summed E-state index contributed by atoms with van der Waals surface area (Å²) in [7, 11) is 3.05. The van der Waals surface area contributed by atoms with E-state index in [4.69, 9.17) is 9.47 Å². The maximum Gasteiger partial charge on any atom is 0.342 e. The third-order valence-electron chi connectivity index (χ3n) is 2.83. The molecule has 132 valence electrons. The number of ether oxygens (including phenoxy) is 2. The summed E-state index contributed by atoms with van der Waals surface area (Å²) in [5, 5.41) is 9.44. The average Bonchev–Trinajstić information content (AvgIpc) is 2.60. The highest BCUT2D eigenvalue weighted by molar-refractivity contribution is 7.99. The third kappa shape index (κ3) is 5.21. The normalized spacial score (nSPS) is 10.6. The van der Waals surface area contributed by atoms with Gasteiger partial charge >= 0.3 is 5.69 Å². The van der Waals surface area contributed by atoms with Gasteiger partial charge in [0.25, 0.3) is 5.56 Å². The highest BCUT2D eigenvalue weighted by atomic mass is 32.2. The molecule has 3 N–H and O–H groups in total. The quantitative estimate of drug-likeness (QED) is 0.348. The van der Waals surface area contributed by atoms with Gasteiger partial charge in [-0.2, -0.15) is 10.2 Å². The number of carbonyl (C=O) groups excluding carboxylic acids is 1. The van der Waals surface area contributed by atoms with E-state index in [1.807, 2.05) is 4.98 Å². The van der Waals surface area contributed by atoms with Gasteiger partial charge in [0, 0.05) is 0 Å². The Labute approximate surface area is 145 Å². The zero-order valence-corrected chi connectivity index (χ0v) is 14.2. The zero-order chi connectivity index (χ0) is 18.2. The molecule has 1 heterocycles. The number of benzene rings is 1. The molecule has 0 spiro atoms. The van der Waals surface area contributed by atoms with Gasteiger partial charge in [-0.05, 0) is 23.8 Å². The molecular weight excluding hydrogens is 350 g/mol. The molecule has 1 aromatic carbocycles. The van der Waals surface area contributed by atoms with Crippen LogP contribution >= 0.6 is 11.8 Å². The third-order valence-corrected chi connectivity index (χ3v) is 3.79. The number of aromatic amines is 2. The molecule has 0 radical (unpaired) electrons. The smallest absolute Gasteiger partial charge is 0.342 e. The second kappa shape index (κ2) is 8.68. The summed E-state index contributed by atoms with van der Waals surface area (Å²) >= 11 is 0.874. The Kier molecular flexibility index (Phi) is 6.34. The van der Waals surface area contributed by atoms with Gasteiger partial charge < -0.3 is 9.47 Å². The molecule has 0 aliphatic rings. The minimum Gasteiger partial charge on any atom is -0.493 e. The average molecular weight is 365 g/mol. The van der Waals surface area contributed by atoms with E-state index in [1.165, 1.54) is 20.4 Å². The number of hydrazone groups is 1. The maximum absolute atomic E-state index is 11.7. The van der Waals surface area contributed by atoms with Crippen LogP contribution in [-0.2, 0) is 4.79 Å². The molecule has 0 saturated heterocycles. The van der Waals surface area contributed by atoms with Crippen molar-refractivity contribution >= 4 is 23.9 Å². The van der Waals surface area contributed by atoms with Crippen LogP contribution in [0.15, 0.2) is 37.9 Å². The molecular formula is C14H15N5O5S. The summed E-state index contributed by atoms with van der Waals surface area (Å²) < 4.78 is 10.3. The van der Waals surface area contributed by atoms with Crippen molar-refractivity contribution in [1.29, 1.82) is 0 Å². The van der Waals surface area contributed by atoms with Gasteiger partial charge in [0.2, 0.25) is 5.91 Å². The van der Waals surface area contributed by atoms with E-state index in [9.17, 15) is 14.4 Å². The van der Waals surface area contributed by atoms with E-state index >= 15 is 0 Å². The first-order valence-electron chi connectivity index (χ1n) is 6.89. The van der Waals surface area contributed by atoms with E-state index in [0.717, 1.165) is 11.8 Å². The van der Waals surface area contributed by atoms with Crippen LogP contribution in [0.5, 0.6) is 11.5 Å². The Morgan fingerprint density at radius 1 is 1.32 bits per heavy atom. The number of methoxy groups -OCH3 is 2. The number of amides is 1. The van der Waals surface area contributed by atoms with E-state index in [2.05, 4.69) is 20.7 Å². The lowest BCUT2D eigenvalue weighted by atomic mass is 10.2. The molecule has 0 atom stereocenters. The van der Waals surface area contributed by atoms with E-state index in [-0.39, 0.29) is 10.8 Å². The van der Waals surface area contributed by atoms with Crippen LogP contribution in [-0.4, -0.2) is 47.3 Å². The van der Waals surface area contributed by atoms with Gasteiger partial charge in [-0.15, -0.1) is 0 Å². The number of aromatic nitrogens is 3. The topological polar surface area (TPSA) is 139 Å². The first-order valence-corrected chi connectivity index (χ1v) is 7.87. The van der Waals surface area contributed by atoms with E-state index in [0.29, 0.717) is 17.1 Å². The Morgan fingerprint density at radius 2 is 2.08 bits per heavy atom. The SMILES string of the molecule is COc1ccc(C=NNC(=O)CSc2n[nH]c(=O)[nH]c2=O)cc1OC. The number of carbonyl (C=O) groups is 1. The van der Waals surface area contributed by atoms with Gasteiger partial charge in [0.15, 0.2) is 16.5 Å². The van der Waals surface area contributed by atoms with Crippen molar-refractivity contribution in [1.82, 2.24) is 20.6 Å². The van der Waals surface area contributed by atoms with Gasteiger partial charge in [-0.25, -0.2) is 15.3 Å². The summed E-state index contributed by atoms with van der Waals surface area (Å²) in [5.41, 5.74) is 1.66. The molecule has 11 heteroatoms. The van der Waals surface area contributed by atoms with Crippen LogP contribution < -0.4 is 26.1 Å². The Morgan fingerprint density at radius 3 is 2.76 bits per heavy atom. The minimum atomic E-state index is -0.710. The maximum atomic E-state index is 11.7. The molecule has 0 aliphatic heterocycles. The van der Waals surface area contributed by atoms with Crippen LogP contribution in [0.2, 0.25) is 0 Å². The minimum absolute atomic E-state index is 0.0152. The summed E-state index contributed by atoms with van der Waals surface area (Å²) in [5.74, 6) is 0.593. The predicted molar refractivity (Wildman–Crippen MR) is 91.5 cm³/mol. The first kappa shape index (κ1) is 18.3. The van der Waals surface area contributed by atoms with Crippen LogP contribution in [0.25, 0.3) is 0 Å². The lowest BCUT2D eigenvalue weighted by Crippen LogP contribution is -2.26. The van der Waals surface area contributed by atoms with Gasteiger partial charge in [0.05, 0.1) is 26.2 Å². The number of rotatable bonds is 7. The van der Waals surface area contributed by atoms with Crippen molar-refractivity contribution in [3.8, 4) is 11.5 Å². The van der Waals surface area contributed by atoms with E-state index in [1.54, 1.807) is 18.2 Å². The molecule has 2 aromatic rings. The van der Waals surface area contributed by atoms with Crippen molar-refractivity contribution in [2.45, 2.75) is 5.03 Å². The number of nitrogens with one attached hydrogen (secondary N) is 3. The highest BCUT2D eigenvalue weighted by Crippen LogP contribution is 2.26. The number of H-pyrrole nitrogens is 2. The number of hydrogen-bond donors (Lipinski definition) is 3. The zero-order valence-electron chi connectivity index (χ0n) is 13.4. The lowest BCUT2D eigenvalue weighted by molar-refractivity contribution is -0.118. The van der Waals surface area contributed by atoms with Gasteiger partial charge in [0.1, 0.15) is 0 Å². The van der Waals surface area contributed by atoms with Crippen molar-refractivity contribution in [2.75, 3.05) is 20.0 Å². The van der Waals surface area contributed by atoms with Gasteiger partial charge in [-0.3, -0.25) is 14.6 Å². The molecule has 1 amide bonds. The highest BCUT2D eigenvalue weighted by Gasteiger charge is 2.07. The molecule has 2 rings (SSSR count). The summed E-state index contributed by atoms with van der Waals surface area (Å²) in [6.07, 6.45) is 1.44. The van der Waals surface area contributed by atoms with Gasteiger partial charge in [-0.1, -0.05) is 11.8 Å². The summed E-state index contributed by atoms with van der Waals surface area (Å²) in [4.78, 5) is 36.0. The molecule has 0 saturated carbocycles. The lowest BCUT2D eigenvalue weighted by Gasteiger charge is -2.07. The molecule has 10 nitrogen and oxygen atoms in total. The molecule has 0 fully saturated rings. The molecule has 25 heavy (non-hydrogen) atoms. The predicted octanol–water partition coefficient (Wildman–Crippen LogP) is -0.282. The second-order valence-electron chi connectivity index (χ2n) is 4.51. The summed E-state index contributed by atoms with van der Waals surface area (Å²) in [6, 6.07) is 5.16. The Hall–Kier alpha value is -3.08. The molecule has 1 aromatic heterocycles. The standard InChI is InChI=1S/C14H15N5O5S/c1-23-9-4-3-8(5-10(9)24-2)6-15-17-11(20)7-25-13-12(21)16-14(22)19-18-13/h3-6H,7H2,1-2H3,(H,17,20)(H2,16,19,21,22). The molecule has 0 aliphatic carbocycles. The van der Waals surface area contributed by atoms with Crippen LogP contribution in [0.4, 0.5) is 0 Å². The number of hydrogen-bond acceptors (Lipinski definition) is 8. The van der Waals surface area contributed by atoms with Crippen LogP contribution in [0.1, 0.15) is 5.56 Å². The van der Waals surface area contributed by atoms with Crippen LogP contribution in [0, 0.1) is 0 Å². The largest absolute Gasteiger partial charge is 0.493 e. The fourth-order valence-corrected chi connectivity index (χ4v) is 2.34. The van der Waals surface area contributed by atoms with E-state index < -0.39 is 17.2 Å². The van der Waals surface area contributed by atoms with Crippen molar-refractivity contribution < 1.29 is 14.3 Å². The monoisotopic (exact) mass is 365 g/mol. The molecule has 0 unspecified atom stereocenters. The van der Waals surface area contributed by atoms with Crippen molar-refractivity contribution in [3.05, 3.63) is 44.6 Å². The van der Waals surface area contributed by atoms with Crippen molar-refractivity contribution in [2.24, 2.45) is 5.10 Å². The number of thioether (sulfide) groups is 1. The summed E-state index contributed by atoms with van der Waals surface area (Å²) in [6.45, 7) is 0.